The maximum atomic E-state index is 12.8. The number of morpholine rings is 1. The molecule has 1 aliphatic carbocycles. The Kier molecular flexibility index (Phi) is 5.50. The minimum Gasteiger partial charge on any atom is -0.394 e. The lowest BCUT2D eigenvalue weighted by Crippen LogP contribution is -2.65. The highest BCUT2D eigenvalue weighted by atomic mass is 32.2. The molecule has 2 fully saturated rings. The molecule has 0 spiro atoms. The van der Waals surface area contributed by atoms with Crippen LogP contribution in [0.5, 0.6) is 0 Å². The molecule has 1 saturated carbocycles. The number of hydrogen-bond acceptors (Lipinski definition) is 6. The maximum absolute atomic E-state index is 12.8. The van der Waals surface area contributed by atoms with Crippen LogP contribution in [-0.2, 0) is 14.8 Å². The van der Waals surface area contributed by atoms with E-state index in [0.717, 1.165) is 25.7 Å². The van der Waals surface area contributed by atoms with E-state index in [4.69, 9.17) is 4.74 Å². The zero-order valence-electron chi connectivity index (χ0n) is 14.9. The van der Waals surface area contributed by atoms with Gasteiger partial charge in [-0.15, -0.1) is 0 Å². The molecule has 25 heavy (non-hydrogen) atoms. The van der Waals surface area contributed by atoms with Crippen molar-refractivity contribution in [1.82, 2.24) is 19.4 Å². The van der Waals surface area contributed by atoms with Gasteiger partial charge < -0.3 is 9.84 Å². The Hall–Kier alpha value is -1.00. The summed E-state index contributed by atoms with van der Waals surface area (Å²) in [4.78, 5) is 1.99. The largest absolute Gasteiger partial charge is 0.394 e. The molecular formula is C16H28N4O4S. The van der Waals surface area contributed by atoms with E-state index in [1.54, 1.807) is 4.68 Å². The molecule has 0 amide bonds. The zero-order chi connectivity index (χ0) is 18.1. The van der Waals surface area contributed by atoms with Crippen LogP contribution >= 0.6 is 0 Å². The van der Waals surface area contributed by atoms with Crippen molar-refractivity contribution in [2.75, 3.05) is 33.4 Å². The minimum absolute atomic E-state index is 0.0858. The average Bonchev–Trinajstić information content (AvgIpc) is 3.27. The second kappa shape index (κ2) is 7.32. The second-order valence-electron chi connectivity index (χ2n) is 7.23. The third-order valence-corrected chi connectivity index (χ3v) is 7.00. The van der Waals surface area contributed by atoms with E-state index in [9.17, 15) is 13.5 Å². The maximum Gasteiger partial charge on any atom is 0.257 e. The van der Waals surface area contributed by atoms with Crippen LogP contribution in [0.15, 0.2) is 17.3 Å². The minimum atomic E-state index is -3.72. The van der Waals surface area contributed by atoms with Crippen LogP contribution in [0.2, 0.25) is 0 Å². The van der Waals surface area contributed by atoms with Gasteiger partial charge in [-0.1, -0.05) is 12.8 Å². The van der Waals surface area contributed by atoms with Crippen LogP contribution in [0.25, 0.3) is 0 Å². The van der Waals surface area contributed by atoms with E-state index >= 15 is 0 Å². The smallest absolute Gasteiger partial charge is 0.257 e. The standard InChI is InChI=1S/C16H28N4O4S/c1-13-9-24-12-16(11-21,19(13)2)10-18-25(22,23)15-7-8-17-20(15)14-5-3-4-6-14/h7-8,13-14,18,21H,3-6,9-12H2,1-2H3/t13-,16+/m1/s1. The Bertz CT molecular complexity index is 686. The summed E-state index contributed by atoms with van der Waals surface area (Å²) in [7, 11) is -1.83. The van der Waals surface area contributed by atoms with Crippen LogP contribution in [-0.4, -0.2) is 73.2 Å². The lowest BCUT2D eigenvalue weighted by Gasteiger charge is -2.47. The third-order valence-electron chi connectivity index (χ3n) is 5.60. The Morgan fingerprint density at radius 3 is 2.84 bits per heavy atom. The lowest BCUT2D eigenvalue weighted by molar-refractivity contribution is -0.104. The Morgan fingerprint density at radius 2 is 2.16 bits per heavy atom. The van der Waals surface area contributed by atoms with Crippen LogP contribution in [0, 0.1) is 0 Å². The van der Waals surface area contributed by atoms with Gasteiger partial charge in [-0.25, -0.2) is 17.8 Å². The quantitative estimate of drug-likeness (QED) is 0.748. The Morgan fingerprint density at radius 1 is 1.44 bits per heavy atom. The number of aliphatic hydroxyl groups is 1. The summed E-state index contributed by atoms with van der Waals surface area (Å²) < 4.78 is 35.6. The summed E-state index contributed by atoms with van der Waals surface area (Å²) in [5, 5.41) is 14.3. The monoisotopic (exact) mass is 372 g/mol. The number of nitrogens with one attached hydrogen (secondary N) is 1. The van der Waals surface area contributed by atoms with Gasteiger partial charge in [-0.3, -0.25) is 4.90 Å². The highest BCUT2D eigenvalue weighted by Crippen LogP contribution is 2.31. The fraction of sp³-hybridized carbons (Fsp3) is 0.812. The topological polar surface area (TPSA) is 96.7 Å². The van der Waals surface area contributed by atoms with Gasteiger partial charge in [0.15, 0.2) is 5.03 Å². The molecule has 1 saturated heterocycles. The molecule has 8 nitrogen and oxygen atoms in total. The van der Waals surface area contributed by atoms with Crippen molar-refractivity contribution in [3.8, 4) is 0 Å². The van der Waals surface area contributed by atoms with Crippen molar-refractivity contribution in [3.63, 3.8) is 0 Å². The second-order valence-corrected chi connectivity index (χ2v) is 8.95. The summed E-state index contributed by atoms with van der Waals surface area (Å²) in [6, 6.07) is 1.79. The fourth-order valence-electron chi connectivity index (χ4n) is 3.73. The first-order chi connectivity index (χ1) is 11.9. The van der Waals surface area contributed by atoms with Crippen LogP contribution in [0.4, 0.5) is 0 Å². The van der Waals surface area contributed by atoms with Gasteiger partial charge in [0.1, 0.15) is 0 Å². The number of aromatic nitrogens is 2. The zero-order valence-corrected chi connectivity index (χ0v) is 15.7. The van der Waals surface area contributed by atoms with E-state index in [1.807, 2.05) is 18.9 Å². The molecule has 2 N–H and O–H groups in total. The molecular weight excluding hydrogens is 344 g/mol. The Labute approximate surface area is 149 Å². The normalized spacial score (nSPS) is 29.3. The van der Waals surface area contributed by atoms with Crippen molar-refractivity contribution >= 4 is 10.0 Å². The van der Waals surface area contributed by atoms with Gasteiger partial charge in [0.2, 0.25) is 0 Å². The van der Waals surface area contributed by atoms with Crippen LogP contribution < -0.4 is 4.72 Å². The van der Waals surface area contributed by atoms with Crippen molar-refractivity contribution in [2.45, 2.75) is 55.3 Å². The molecule has 1 aromatic rings. The molecule has 0 bridgehead atoms. The highest BCUT2D eigenvalue weighted by Gasteiger charge is 2.41. The third kappa shape index (κ3) is 3.61. The number of aliphatic hydroxyl groups excluding tert-OH is 1. The van der Waals surface area contributed by atoms with Gasteiger partial charge in [-0.2, -0.15) is 5.10 Å². The molecule has 1 aromatic heterocycles. The first-order valence-electron chi connectivity index (χ1n) is 8.84. The molecule has 0 unspecified atom stereocenters. The molecule has 2 heterocycles. The molecule has 142 valence electrons. The summed E-state index contributed by atoms with van der Waals surface area (Å²) in [5.41, 5.74) is -0.761. The van der Waals surface area contributed by atoms with E-state index in [-0.39, 0.29) is 36.9 Å². The van der Waals surface area contributed by atoms with Gasteiger partial charge >= 0.3 is 0 Å². The van der Waals surface area contributed by atoms with Crippen molar-refractivity contribution in [1.29, 1.82) is 0 Å². The first-order valence-corrected chi connectivity index (χ1v) is 10.3. The first kappa shape index (κ1) is 18.8. The van der Waals surface area contributed by atoms with Crippen molar-refractivity contribution in [3.05, 3.63) is 12.3 Å². The van der Waals surface area contributed by atoms with E-state index < -0.39 is 15.6 Å². The molecule has 2 atom stereocenters. The van der Waals surface area contributed by atoms with Crippen LogP contribution in [0.1, 0.15) is 38.6 Å². The highest BCUT2D eigenvalue weighted by molar-refractivity contribution is 7.89. The summed E-state index contributed by atoms with van der Waals surface area (Å²) >= 11 is 0. The van der Waals surface area contributed by atoms with E-state index in [0.29, 0.717) is 6.61 Å². The molecule has 2 aliphatic rings. The summed E-state index contributed by atoms with van der Waals surface area (Å²) in [5.74, 6) is 0. The lowest BCUT2D eigenvalue weighted by atomic mass is 9.96. The molecule has 0 radical (unpaired) electrons. The molecule has 1 aliphatic heterocycles. The number of nitrogens with zero attached hydrogens (tertiary/aromatic N) is 3. The predicted molar refractivity (Wildman–Crippen MR) is 92.8 cm³/mol. The number of likely N-dealkylation sites (N-methyl/N-ethyl adjacent to an activating group) is 1. The SMILES string of the molecule is C[C@@H]1COC[C@@](CO)(CNS(=O)(=O)c2ccnn2C2CCCC2)N1C. The molecule has 3 rings (SSSR count). The number of sulfonamides is 1. The van der Waals surface area contributed by atoms with Crippen molar-refractivity contribution in [2.24, 2.45) is 0 Å². The Balaban J connectivity index is 1.77. The van der Waals surface area contributed by atoms with Gasteiger partial charge in [0.05, 0.1) is 37.6 Å². The van der Waals surface area contributed by atoms with E-state index in [2.05, 4.69) is 9.82 Å². The summed E-state index contributed by atoms with van der Waals surface area (Å²) in [6.45, 7) is 2.75. The predicted octanol–water partition coefficient (Wildman–Crippen LogP) is 0.358. The number of ether oxygens (including phenoxy) is 1. The van der Waals surface area contributed by atoms with Gasteiger partial charge in [-0.05, 0) is 32.9 Å². The number of rotatable bonds is 6. The average molecular weight is 372 g/mol. The summed E-state index contributed by atoms with van der Waals surface area (Å²) in [6.07, 6.45) is 5.65. The molecule has 9 heteroatoms. The van der Waals surface area contributed by atoms with Crippen LogP contribution in [0.3, 0.4) is 0 Å². The van der Waals surface area contributed by atoms with Crippen molar-refractivity contribution < 1.29 is 18.3 Å². The van der Waals surface area contributed by atoms with Gasteiger partial charge in [0, 0.05) is 12.6 Å². The van der Waals surface area contributed by atoms with E-state index in [1.165, 1.54) is 12.3 Å². The number of hydrogen-bond donors (Lipinski definition) is 2. The fourth-order valence-corrected chi connectivity index (χ4v) is 5.02. The molecule has 0 aromatic carbocycles. The van der Waals surface area contributed by atoms with Gasteiger partial charge in [0.25, 0.3) is 10.0 Å².